The summed E-state index contributed by atoms with van der Waals surface area (Å²) < 4.78 is 5.56. The Morgan fingerprint density at radius 3 is 2.81 bits per heavy atom. The van der Waals surface area contributed by atoms with E-state index in [4.69, 9.17) is 9.84 Å². The molecule has 0 aliphatic carbocycles. The van der Waals surface area contributed by atoms with Crippen LogP contribution in [0.15, 0.2) is 36.4 Å². The van der Waals surface area contributed by atoms with Crippen LogP contribution < -0.4 is 4.74 Å². The average Bonchev–Trinajstić information content (AvgIpc) is 2.53. The number of hydrogen-bond acceptors (Lipinski definition) is 5. The Hall–Kier alpha value is -2.53. The molecule has 0 spiro atoms. The van der Waals surface area contributed by atoms with Gasteiger partial charge in [-0.3, -0.25) is 9.59 Å². The van der Waals surface area contributed by atoms with Gasteiger partial charge in [-0.25, -0.2) is 4.98 Å². The molecule has 2 aromatic rings. The number of Topliss-reactive ketones (excluding diaryl/α,β-unsaturated/α-hetero) is 1. The summed E-state index contributed by atoms with van der Waals surface area (Å²) >= 11 is 0. The first-order chi connectivity index (χ1) is 10.1. The standard InChI is InChI=1S/C16H15NO4/c1-11(20)15-4-2-3-14(17-15)10-21-16-6-5-12(8-18)7-13(16)9-19/h2-7,9,18H,8,10H2,1H3. The lowest BCUT2D eigenvalue weighted by Crippen LogP contribution is -2.04. The second kappa shape index (κ2) is 6.76. The number of aromatic nitrogens is 1. The van der Waals surface area contributed by atoms with E-state index in [1.807, 2.05) is 0 Å². The quantitative estimate of drug-likeness (QED) is 0.650. The Bertz CT molecular complexity index is 667. The molecular formula is C16H15NO4. The summed E-state index contributed by atoms with van der Waals surface area (Å²) in [5.41, 5.74) is 1.98. The smallest absolute Gasteiger partial charge is 0.178 e. The van der Waals surface area contributed by atoms with E-state index in [1.54, 1.807) is 36.4 Å². The molecule has 0 aliphatic rings. The summed E-state index contributed by atoms with van der Waals surface area (Å²) in [4.78, 5) is 26.5. The summed E-state index contributed by atoms with van der Waals surface area (Å²) in [7, 11) is 0. The van der Waals surface area contributed by atoms with Crippen molar-refractivity contribution < 1.29 is 19.4 Å². The van der Waals surface area contributed by atoms with E-state index in [0.29, 0.717) is 34.6 Å². The lowest BCUT2D eigenvalue weighted by atomic mass is 10.1. The van der Waals surface area contributed by atoms with E-state index in [9.17, 15) is 9.59 Å². The molecule has 5 nitrogen and oxygen atoms in total. The molecule has 0 bridgehead atoms. The number of rotatable bonds is 6. The summed E-state index contributed by atoms with van der Waals surface area (Å²) in [6.45, 7) is 1.47. The van der Waals surface area contributed by atoms with Crippen LogP contribution in [0, 0.1) is 0 Å². The van der Waals surface area contributed by atoms with E-state index in [0.717, 1.165) is 0 Å². The van der Waals surface area contributed by atoms with E-state index in [-0.39, 0.29) is 19.0 Å². The van der Waals surface area contributed by atoms with Crippen LogP contribution in [-0.4, -0.2) is 22.2 Å². The Balaban J connectivity index is 2.14. The third-order valence-corrected chi connectivity index (χ3v) is 2.93. The first-order valence-electron chi connectivity index (χ1n) is 6.42. The fraction of sp³-hybridized carbons (Fsp3) is 0.188. The molecule has 0 saturated carbocycles. The highest BCUT2D eigenvalue weighted by atomic mass is 16.5. The molecule has 108 valence electrons. The van der Waals surface area contributed by atoms with Crippen LogP contribution in [0.2, 0.25) is 0 Å². The molecule has 0 saturated heterocycles. The number of aliphatic hydroxyl groups excluding tert-OH is 1. The molecule has 21 heavy (non-hydrogen) atoms. The van der Waals surface area contributed by atoms with Gasteiger partial charge in [0.1, 0.15) is 18.1 Å². The zero-order valence-electron chi connectivity index (χ0n) is 11.6. The molecule has 0 aliphatic heterocycles. The Labute approximate surface area is 122 Å². The number of carbonyl (C=O) groups excluding carboxylic acids is 2. The van der Waals surface area contributed by atoms with E-state index in [1.165, 1.54) is 6.92 Å². The number of pyridine rings is 1. The first kappa shape index (κ1) is 14.9. The number of carbonyl (C=O) groups is 2. The minimum absolute atomic E-state index is 0.113. The lowest BCUT2D eigenvalue weighted by molar-refractivity contribution is 0.101. The van der Waals surface area contributed by atoms with Gasteiger partial charge < -0.3 is 9.84 Å². The molecule has 1 aromatic carbocycles. The third kappa shape index (κ3) is 3.73. The summed E-state index contributed by atoms with van der Waals surface area (Å²) in [5, 5.41) is 9.04. The molecule has 0 fully saturated rings. The third-order valence-electron chi connectivity index (χ3n) is 2.93. The van der Waals surface area contributed by atoms with Crippen LogP contribution >= 0.6 is 0 Å². The van der Waals surface area contributed by atoms with E-state index < -0.39 is 0 Å². The maximum Gasteiger partial charge on any atom is 0.178 e. The number of hydrogen-bond donors (Lipinski definition) is 1. The van der Waals surface area contributed by atoms with Crippen molar-refractivity contribution in [1.29, 1.82) is 0 Å². The topological polar surface area (TPSA) is 76.5 Å². The Morgan fingerprint density at radius 2 is 2.14 bits per heavy atom. The highest BCUT2D eigenvalue weighted by molar-refractivity contribution is 5.92. The number of nitrogens with zero attached hydrogens (tertiary/aromatic N) is 1. The van der Waals surface area contributed by atoms with Crippen LogP contribution in [0.5, 0.6) is 5.75 Å². The predicted octanol–water partition coefficient (Wildman–Crippen LogP) is 2.17. The van der Waals surface area contributed by atoms with E-state index in [2.05, 4.69) is 4.98 Å². The molecule has 5 heteroatoms. The highest BCUT2D eigenvalue weighted by Gasteiger charge is 2.07. The molecule has 1 heterocycles. The Morgan fingerprint density at radius 1 is 1.33 bits per heavy atom. The fourth-order valence-corrected chi connectivity index (χ4v) is 1.83. The minimum Gasteiger partial charge on any atom is -0.487 e. The van der Waals surface area contributed by atoms with Crippen molar-refractivity contribution in [3.63, 3.8) is 0 Å². The van der Waals surface area contributed by atoms with E-state index >= 15 is 0 Å². The number of benzene rings is 1. The Kier molecular flexibility index (Phi) is 4.79. The van der Waals surface area contributed by atoms with Crippen LogP contribution in [0.25, 0.3) is 0 Å². The number of aldehydes is 1. The minimum atomic E-state index is -0.136. The van der Waals surface area contributed by atoms with Crippen molar-refractivity contribution in [3.8, 4) is 5.75 Å². The van der Waals surface area contributed by atoms with Gasteiger partial charge in [-0.1, -0.05) is 12.1 Å². The van der Waals surface area contributed by atoms with Crippen molar-refractivity contribution in [2.45, 2.75) is 20.1 Å². The normalized spacial score (nSPS) is 10.2. The van der Waals surface area contributed by atoms with Crippen LogP contribution in [-0.2, 0) is 13.2 Å². The second-order valence-electron chi connectivity index (χ2n) is 4.51. The molecular weight excluding hydrogens is 270 g/mol. The van der Waals surface area contributed by atoms with Crippen molar-refractivity contribution in [2.24, 2.45) is 0 Å². The van der Waals surface area contributed by atoms with Gasteiger partial charge in [0.15, 0.2) is 12.1 Å². The number of ether oxygens (including phenoxy) is 1. The largest absolute Gasteiger partial charge is 0.487 e. The zero-order chi connectivity index (χ0) is 15.2. The lowest BCUT2D eigenvalue weighted by Gasteiger charge is -2.09. The molecule has 0 amide bonds. The predicted molar refractivity (Wildman–Crippen MR) is 76.3 cm³/mol. The molecule has 0 atom stereocenters. The molecule has 1 aromatic heterocycles. The van der Waals surface area contributed by atoms with Crippen molar-refractivity contribution in [2.75, 3.05) is 0 Å². The van der Waals surface area contributed by atoms with Gasteiger partial charge in [0.2, 0.25) is 0 Å². The second-order valence-corrected chi connectivity index (χ2v) is 4.51. The van der Waals surface area contributed by atoms with Gasteiger partial charge in [-0.15, -0.1) is 0 Å². The van der Waals surface area contributed by atoms with Gasteiger partial charge in [-0.05, 0) is 29.8 Å². The van der Waals surface area contributed by atoms with Crippen LogP contribution in [0.3, 0.4) is 0 Å². The average molecular weight is 285 g/mol. The first-order valence-corrected chi connectivity index (χ1v) is 6.42. The van der Waals surface area contributed by atoms with Gasteiger partial charge in [-0.2, -0.15) is 0 Å². The monoisotopic (exact) mass is 285 g/mol. The molecule has 2 rings (SSSR count). The van der Waals surface area contributed by atoms with Crippen molar-refractivity contribution in [1.82, 2.24) is 4.98 Å². The van der Waals surface area contributed by atoms with Crippen LogP contribution in [0.1, 0.15) is 39.0 Å². The molecule has 1 N–H and O–H groups in total. The molecule has 0 unspecified atom stereocenters. The van der Waals surface area contributed by atoms with Gasteiger partial charge in [0, 0.05) is 6.92 Å². The SMILES string of the molecule is CC(=O)c1cccc(COc2ccc(CO)cc2C=O)n1. The van der Waals surface area contributed by atoms with Gasteiger partial charge in [0.25, 0.3) is 0 Å². The van der Waals surface area contributed by atoms with Crippen LogP contribution in [0.4, 0.5) is 0 Å². The van der Waals surface area contributed by atoms with Crippen molar-refractivity contribution in [3.05, 3.63) is 58.9 Å². The van der Waals surface area contributed by atoms with Gasteiger partial charge in [0.05, 0.1) is 17.9 Å². The van der Waals surface area contributed by atoms with Gasteiger partial charge >= 0.3 is 0 Å². The van der Waals surface area contributed by atoms with Crippen molar-refractivity contribution >= 4 is 12.1 Å². The molecule has 0 radical (unpaired) electrons. The zero-order valence-corrected chi connectivity index (χ0v) is 11.6. The number of ketones is 1. The summed E-state index contributed by atoms with van der Waals surface area (Å²) in [5.74, 6) is 0.301. The number of aliphatic hydroxyl groups is 1. The highest BCUT2D eigenvalue weighted by Crippen LogP contribution is 2.19. The summed E-state index contributed by atoms with van der Waals surface area (Å²) in [6.07, 6.45) is 0.675. The fourth-order valence-electron chi connectivity index (χ4n) is 1.83. The maximum absolute atomic E-state index is 11.3. The maximum atomic E-state index is 11.3. The summed E-state index contributed by atoms with van der Waals surface area (Å²) in [6, 6.07) is 10.00.